The molecule has 0 atom stereocenters. The van der Waals surface area contributed by atoms with Crippen molar-refractivity contribution in [2.24, 2.45) is 5.10 Å². The van der Waals surface area contributed by atoms with Gasteiger partial charge in [-0.15, -0.1) is 0 Å². The Labute approximate surface area is 148 Å². The molecular formula is C18H20N2O4S. The molecule has 0 amide bonds. The van der Waals surface area contributed by atoms with Crippen LogP contribution >= 0.6 is 0 Å². The van der Waals surface area contributed by atoms with Gasteiger partial charge in [0.25, 0.3) is 0 Å². The van der Waals surface area contributed by atoms with Crippen molar-refractivity contribution in [3.05, 3.63) is 77.9 Å². The van der Waals surface area contributed by atoms with E-state index in [1.54, 1.807) is 0 Å². The summed E-state index contributed by atoms with van der Waals surface area (Å²) < 4.78 is 31.6. The third kappa shape index (κ3) is 5.33. The predicted octanol–water partition coefficient (Wildman–Crippen LogP) is 2.61. The Hall–Kier alpha value is -2.32. The summed E-state index contributed by atoms with van der Waals surface area (Å²) in [6, 6.07) is 20.8. The third-order valence-electron chi connectivity index (χ3n) is 3.56. The molecule has 6 nitrogen and oxygen atoms in total. The van der Waals surface area contributed by atoms with Gasteiger partial charge in [0.1, 0.15) is 5.71 Å². The van der Waals surface area contributed by atoms with E-state index >= 15 is 0 Å². The molecule has 3 rings (SSSR count). The molecule has 132 valence electrons. The average molecular weight is 360 g/mol. The zero-order valence-corrected chi connectivity index (χ0v) is 15.1. The molecule has 1 aliphatic heterocycles. The van der Waals surface area contributed by atoms with Crippen molar-refractivity contribution in [1.82, 2.24) is 0 Å². The maximum Gasteiger partial charge on any atom is 0.217 e. The number of quaternary nitrogens is 1. The number of benzene rings is 2. The maximum atomic E-state index is 9.22. The van der Waals surface area contributed by atoms with E-state index in [4.69, 9.17) is 5.10 Å². The Bertz CT molecular complexity index is 874. The zero-order chi connectivity index (χ0) is 18.5. The van der Waals surface area contributed by atoms with Gasteiger partial charge in [-0.3, -0.25) is 4.18 Å². The maximum absolute atomic E-state index is 9.22. The van der Waals surface area contributed by atoms with Gasteiger partial charge in [-0.05, 0) is 12.1 Å². The minimum absolute atomic E-state index is 0.536. The molecule has 7 heteroatoms. The highest BCUT2D eigenvalue weighted by Gasteiger charge is 2.31. The highest BCUT2D eigenvalue weighted by Crippen LogP contribution is 2.30. The molecule has 0 saturated carbocycles. The molecule has 0 saturated heterocycles. The van der Waals surface area contributed by atoms with E-state index in [1.165, 1.54) is 16.8 Å². The number of nitrogens with zero attached hydrogens (tertiary/aromatic N) is 2. The second-order valence-corrected chi connectivity index (χ2v) is 6.87. The van der Waals surface area contributed by atoms with Crippen LogP contribution in [0.5, 0.6) is 0 Å². The smallest absolute Gasteiger partial charge is 0.217 e. The van der Waals surface area contributed by atoms with Crippen LogP contribution < -0.4 is 0 Å². The Morgan fingerprint density at radius 3 is 1.80 bits per heavy atom. The fourth-order valence-electron chi connectivity index (χ4n) is 2.40. The topological polar surface area (TPSA) is 78.8 Å². The number of hydrogen-bond acceptors (Lipinski definition) is 5. The van der Waals surface area contributed by atoms with Crippen LogP contribution in [0.25, 0.3) is 5.70 Å². The average Bonchev–Trinajstić information content (AvgIpc) is 2.92. The molecule has 0 aromatic heterocycles. The first-order chi connectivity index (χ1) is 11.7. The lowest BCUT2D eigenvalue weighted by molar-refractivity contribution is -0.822. The van der Waals surface area contributed by atoms with E-state index in [0.717, 1.165) is 12.8 Å². The van der Waals surface area contributed by atoms with Crippen LogP contribution in [0.15, 0.2) is 71.8 Å². The van der Waals surface area contributed by atoms with Crippen LogP contribution in [0.4, 0.5) is 0 Å². The van der Waals surface area contributed by atoms with Gasteiger partial charge in [0, 0.05) is 17.2 Å². The summed E-state index contributed by atoms with van der Waals surface area (Å²) in [5, 5.41) is 4.81. The second-order valence-electron chi connectivity index (χ2n) is 5.72. The normalized spacial score (nSPS) is 15.7. The molecular weight excluding hydrogens is 340 g/mol. The van der Waals surface area contributed by atoms with E-state index in [-0.39, 0.29) is 0 Å². The van der Waals surface area contributed by atoms with Crippen molar-refractivity contribution in [3.63, 3.8) is 0 Å². The van der Waals surface area contributed by atoms with Crippen molar-refractivity contribution >= 4 is 21.8 Å². The molecule has 0 radical (unpaired) electrons. The highest BCUT2D eigenvalue weighted by molar-refractivity contribution is 7.80. The minimum atomic E-state index is -4.41. The summed E-state index contributed by atoms with van der Waals surface area (Å²) in [5.41, 5.74) is 4.66. The Balaban J connectivity index is 0.000000326. The second kappa shape index (κ2) is 7.71. The summed E-state index contributed by atoms with van der Waals surface area (Å²) in [5.74, 6) is 0. The largest absolute Gasteiger partial charge is 0.726 e. The first kappa shape index (κ1) is 19.0. The van der Waals surface area contributed by atoms with Crippen molar-refractivity contribution in [2.75, 3.05) is 21.2 Å². The summed E-state index contributed by atoms with van der Waals surface area (Å²) in [4.78, 5) is 0. The van der Waals surface area contributed by atoms with E-state index in [2.05, 4.69) is 60.8 Å². The van der Waals surface area contributed by atoms with Crippen LogP contribution in [-0.2, 0) is 14.6 Å². The van der Waals surface area contributed by atoms with Gasteiger partial charge < -0.3 is 4.55 Å². The molecule has 1 heterocycles. The van der Waals surface area contributed by atoms with Crippen molar-refractivity contribution < 1.29 is 21.7 Å². The quantitative estimate of drug-likeness (QED) is 0.479. The van der Waals surface area contributed by atoms with Gasteiger partial charge in [0.05, 0.1) is 21.2 Å². The van der Waals surface area contributed by atoms with Gasteiger partial charge in [0.15, 0.2) is 5.70 Å². The Morgan fingerprint density at radius 1 is 0.920 bits per heavy atom. The molecule has 1 aliphatic rings. The summed E-state index contributed by atoms with van der Waals surface area (Å²) in [7, 11) is 0.608. The lowest BCUT2D eigenvalue weighted by atomic mass is 10.1. The van der Waals surface area contributed by atoms with Crippen LogP contribution in [0.3, 0.4) is 0 Å². The van der Waals surface area contributed by atoms with Gasteiger partial charge in [-0.2, -0.15) is 4.59 Å². The molecule has 0 aliphatic carbocycles. The standard InChI is InChI=1S/C17H17N2.CH4O4S/c1-19(2)17(15-11-7-4-8-12-15)13-16(18-19)14-9-5-3-6-10-14;1-5-6(2,3)4/h3-13H,1-2H3;1H3,(H,2,3,4)/q+1;/p-1. The first-order valence-electron chi connectivity index (χ1n) is 7.52. The van der Waals surface area contributed by atoms with Gasteiger partial charge >= 0.3 is 0 Å². The van der Waals surface area contributed by atoms with Crippen molar-refractivity contribution in [3.8, 4) is 0 Å². The Morgan fingerprint density at radius 2 is 1.36 bits per heavy atom. The van der Waals surface area contributed by atoms with Gasteiger partial charge in [0.2, 0.25) is 10.4 Å². The third-order valence-corrected chi connectivity index (χ3v) is 3.97. The SMILES string of the molecule is COS(=O)(=O)[O-].C[N+]1(C)N=C(c2ccccc2)C=C1c1ccccc1. The molecule has 2 aromatic carbocycles. The number of hydrogen-bond donors (Lipinski definition) is 0. The van der Waals surface area contributed by atoms with Crippen molar-refractivity contribution in [1.29, 1.82) is 0 Å². The van der Waals surface area contributed by atoms with E-state index in [1.807, 2.05) is 24.3 Å². The van der Waals surface area contributed by atoms with E-state index in [0.29, 0.717) is 4.59 Å². The van der Waals surface area contributed by atoms with Gasteiger partial charge in [-0.25, -0.2) is 8.42 Å². The highest BCUT2D eigenvalue weighted by atomic mass is 32.3. The molecule has 0 fully saturated rings. The molecule has 2 aromatic rings. The predicted molar refractivity (Wildman–Crippen MR) is 96.2 cm³/mol. The fraction of sp³-hybridized carbons (Fsp3) is 0.167. The zero-order valence-electron chi connectivity index (χ0n) is 14.3. The first-order valence-corrected chi connectivity index (χ1v) is 8.85. The monoisotopic (exact) mass is 360 g/mol. The number of rotatable bonds is 3. The summed E-state index contributed by atoms with van der Waals surface area (Å²) in [6.45, 7) is 0. The minimum Gasteiger partial charge on any atom is -0.726 e. The van der Waals surface area contributed by atoms with Crippen LogP contribution in [0.1, 0.15) is 11.1 Å². The molecule has 0 spiro atoms. The van der Waals surface area contributed by atoms with Crippen LogP contribution in [-0.4, -0.2) is 44.5 Å². The summed E-state index contributed by atoms with van der Waals surface area (Å²) >= 11 is 0. The Kier molecular flexibility index (Phi) is 5.86. The van der Waals surface area contributed by atoms with Crippen LogP contribution in [0.2, 0.25) is 0 Å². The lowest BCUT2D eigenvalue weighted by Gasteiger charge is -2.20. The van der Waals surface area contributed by atoms with Gasteiger partial charge in [-0.1, -0.05) is 53.6 Å². The number of allylic oxidation sites excluding steroid dienone is 1. The van der Waals surface area contributed by atoms with E-state index in [9.17, 15) is 13.0 Å². The molecule has 25 heavy (non-hydrogen) atoms. The molecule has 0 unspecified atom stereocenters. The summed E-state index contributed by atoms with van der Waals surface area (Å²) in [6.07, 6.45) is 2.19. The molecule has 0 N–H and O–H groups in total. The van der Waals surface area contributed by atoms with Crippen molar-refractivity contribution in [2.45, 2.75) is 0 Å². The van der Waals surface area contributed by atoms with E-state index < -0.39 is 10.4 Å². The van der Waals surface area contributed by atoms with Crippen LogP contribution in [0, 0.1) is 0 Å². The fourth-order valence-corrected chi connectivity index (χ4v) is 2.40. The molecule has 0 bridgehead atoms. The lowest BCUT2D eigenvalue weighted by Crippen LogP contribution is -2.28.